The Labute approximate surface area is 121 Å². The van der Waals surface area contributed by atoms with Gasteiger partial charge in [-0.05, 0) is 30.9 Å². The van der Waals surface area contributed by atoms with Crippen LogP contribution in [0.2, 0.25) is 0 Å². The zero-order valence-electron chi connectivity index (χ0n) is 12.9. The summed E-state index contributed by atoms with van der Waals surface area (Å²) in [4.78, 5) is 18.5. The van der Waals surface area contributed by atoms with Crippen LogP contribution >= 0.6 is 0 Å². The van der Waals surface area contributed by atoms with Crippen LogP contribution in [0.4, 0.5) is 5.82 Å². The quantitative estimate of drug-likeness (QED) is 0.593. The molecule has 0 unspecified atom stereocenters. The van der Waals surface area contributed by atoms with Gasteiger partial charge in [-0.15, -0.1) is 0 Å². The van der Waals surface area contributed by atoms with E-state index in [1.807, 2.05) is 13.1 Å². The summed E-state index contributed by atoms with van der Waals surface area (Å²) in [5.74, 6) is 6.56. The normalized spacial score (nSPS) is 10.7. The number of nitrogens with zero attached hydrogens (tertiary/aromatic N) is 2. The van der Waals surface area contributed by atoms with Crippen molar-refractivity contribution in [1.82, 2.24) is 9.88 Å². The number of carbonyl (C=O) groups is 1. The van der Waals surface area contributed by atoms with Gasteiger partial charge in [0.15, 0.2) is 0 Å². The van der Waals surface area contributed by atoms with Gasteiger partial charge >= 0.3 is 0 Å². The number of nitrogens with one attached hydrogen (secondary N) is 1. The second-order valence-corrected chi connectivity index (χ2v) is 5.54. The topological polar surface area (TPSA) is 71.2 Å². The Bertz CT molecular complexity index is 445. The summed E-state index contributed by atoms with van der Waals surface area (Å²) in [6.45, 7) is 7.15. The lowest BCUT2D eigenvalue weighted by Crippen LogP contribution is -2.29. The lowest BCUT2D eigenvalue weighted by Gasteiger charge is -2.19. The Hall–Kier alpha value is -1.62. The van der Waals surface area contributed by atoms with Gasteiger partial charge in [-0.25, -0.2) is 10.8 Å². The predicted molar refractivity (Wildman–Crippen MR) is 82.5 cm³/mol. The van der Waals surface area contributed by atoms with E-state index in [0.29, 0.717) is 17.3 Å². The first kappa shape index (κ1) is 16.4. The molecule has 5 heteroatoms. The lowest BCUT2D eigenvalue weighted by molar-refractivity contribution is 0.0789. The zero-order valence-corrected chi connectivity index (χ0v) is 12.9. The van der Waals surface area contributed by atoms with Crippen LogP contribution in [-0.4, -0.2) is 29.4 Å². The van der Waals surface area contributed by atoms with Crippen molar-refractivity contribution in [3.63, 3.8) is 0 Å². The minimum atomic E-state index is 0.0157. The van der Waals surface area contributed by atoms with Gasteiger partial charge in [-0.1, -0.05) is 27.2 Å². The van der Waals surface area contributed by atoms with Gasteiger partial charge in [0, 0.05) is 24.8 Å². The summed E-state index contributed by atoms with van der Waals surface area (Å²) in [6, 6.07) is 3.56. The van der Waals surface area contributed by atoms with Crippen molar-refractivity contribution in [3.05, 3.63) is 23.4 Å². The van der Waals surface area contributed by atoms with Gasteiger partial charge in [0.2, 0.25) is 0 Å². The van der Waals surface area contributed by atoms with E-state index in [9.17, 15) is 4.79 Å². The van der Waals surface area contributed by atoms with Crippen molar-refractivity contribution in [3.8, 4) is 0 Å². The number of nitrogens with two attached hydrogens (primary N) is 1. The Kier molecular flexibility index (Phi) is 6.45. The molecular weight excluding hydrogens is 252 g/mol. The van der Waals surface area contributed by atoms with Crippen molar-refractivity contribution < 1.29 is 4.79 Å². The molecule has 1 amide bonds. The first-order valence-electron chi connectivity index (χ1n) is 7.21. The molecule has 0 spiro atoms. The van der Waals surface area contributed by atoms with E-state index in [1.165, 1.54) is 0 Å². The molecule has 0 radical (unpaired) electrons. The van der Waals surface area contributed by atoms with Crippen LogP contribution in [0.3, 0.4) is 0 Å². The maximum Gasteiger partial charge on any atom is 0.253 e. The Balaban J connectivity index is 2.87. The molecule has 1 heterocycles. The predicted octanol–water partition coefficient (Wildman–Crippen LogP) is 2.44. The molecule has 5 nitrogen and oxygen atoms in total. The van der Waals surface area contributed by atoms with Crippen molar-refractivity contribution >= 4 is 11.7 Å². The average Bonchev–Trinajstić information content (AvgIpc) is 2.43. The molecule has 0 aromatic carbocycles. The van der Waals surface area contributed by atoms with Gasteiger partial charge in [0.05, 0.1) is 0 Å². The highest BCUT2D eigenvalue weighted by Crippen LogP contribution is 2.14. The van der Waals surface area contributed by atoms with E-state index in [-0.39, 0.29) is 5.91 Å². The fraction of sp³-hybridized carbons (Fsp3) is 0.600. The van der Waals surface area contributed by atoms with Gasteiger partial charge in [0.1, 0.15) is 5.82 Å². The van der Waals surface area contributed by atoms with Gasteiger partial charge in [-0.3, -0.25) is 4.79 Å². The molecule has 0 aliphatic heterocycles. The number of amides is 1. The average molecular weight is 278 g/mol. The van der Waals surface area contributed by atoms with Crippen LogP contribution in [0.25, 0.3) is 0 Å². The number of hydrogen-bond acceptors (Lipinski definition) is 4. The van der Waals surface area contributed by atoms with Crippen LogP contribution in [0.15, 0.2) is 12.1 Å². The molecule has 0 saturated heterocycles. The van der Waals surface area contributed by atoms with E-state index in [1.54, 1.807) is 11.0 Å². The van der Waals surface area contributed by atoms with Crippen molar-refractivity contribution in [2.45, 2.75) is 40.0 Å². The first-order valence-corrected chi connectivity index (χ1v) is 7.21. The van der Waals surface area contributed by atoms with Crippen molar-refractivity contribution in [2.75, 3.05) is 19.0 Å². The van der Waals surface area contributed by atoms with Crippen LogP contribution in [0.1, 0.15) is 49.7 Å². The molecule has 1 aromatic rings. The maximum atomic E-state index is 12.4. The van der Waals surface area contributed by atoms with Crippen LogP contribution in [0.5, 0.6) is 0 Å². The SMILES string of the molecule is CCCc1cc(C(=O)N(C)CCC(C)C)cc(NN)n1. The van der Waals surface area contributed by atoms with Crippen LogP contribution in [-0.2, 0) is 6.42 Å². The summed E-state index contributed by atoms with van der Waals surface area (Å²) in [7, 11) is 1.83. The van der Waals surface area contributed by atoms with Crippen LogP contribution < -0.4 is 11.3 Å². The molecule has 3 N–H and O–H groups in total. The summed E-state index contributed by atoms with van der Waals surface area (Å²) in [5.41, 5.74) is 4.06. The molecule has 0 bridgehead atoms. The van der Waals surface area contributed by atoms with Gasteiger partial charge in [-0.2, -0.15) is 0 Å². The van der Waals surface area contributed by atoms with Gasteiger partial charge < -0.3 is 10.3 Å². The monoisotopic (exact) mass is 278 g/mol. The van der Waals surface area contributed by atoms with Crippen molar-refractivity contribution in [1.29, 1.82) is 0 Å². The summed E-state index contributed by atoms with van der Waals surface area (Å²) in [6.07, 6.45) is 2.82. The van der Waals surface area contributed by atoms with Gasteiger partial charge in [0.25, 0.3) is 5.91 Å². The standard InChI is InChI=1S/C15H26N4O/c1-5-6-13-9-12(10-14(17-13)18-16)15(20)19(4)8-7-11(2)3/h9-11H,5-8,16H2,1-4H3,(H,17,18). The molecular formula is C15H26N4O. The molecule has 1 rings (SSSR count). The number of aryl methyl sites for hydroxylation is 1. The highest BCUT2D eigenvalue weighted by atomic mass is 16.2. The van der Waals surface area contributed by atoms with E-state index < -0.39 is 0 Å². The fourth-order valence-electron chi connectivity index (χ4n) is 1.94. The smallest absolute Gasteiger partial charge is 0.253 e. The molecule has 20 heavy (non-hydrogen) atoms. The second kappa shape index (κ2) is 7.85. The largest absolute Gasteiger partial charge is 0.342 e. The number of pyridine rings is 1. The molecule has 0 fully saturated rings. The molecule has 0 aliphatic rings. The molecule has 0 atom stereocenters. The maximum absolute atomic E-state index is 12.4. The Morgan fingerprint density at radius 1 is 1.45 bits per heavy atom. The fourth-order valence-corrected chi connectivity index (χ4v) is 1.94. The van der Waals surface area contributed by atoms with Crippen molar-refractivity contribution in [2.24, 2.45) is 11.8 Å². The third-order valence-electron chi connectivity index (χ3n) is 3.17. The third-order valence-corrected chi connectivity index (χ3v) is 3.17. The molecule has 1 aromatic heterocycles. The van der Waals surface area contributed by atoms with E-state index in [2.05, 4.69) is 31.2 Å². The van der Waals surface area contributed by atoms with E-state index >= 15 is 0 Å². The third kappa shape index (κ3) is 4.81. The first-order chi connectivity index (χ1) is 9.47. The zero-order chi connectivity index (χ0) is 15.1. The van der Waals surface area contributed by atoms with Crippen LogP contribution in [0, 0.1) is 5.92 Å². The van der Waals surface area contributed by atoms with E-state index in [4.69, 9.17) is 5.84 Å². The second-order valence-electron chi connectivity index (χ2n) is 5.54. The number of hydrazine groups is 1. The number of carbonyl (C=O) groups excluding carboxylic acids is 1. The molecule has 112 valence electrons. The summed E-state index contributed by atoms with van der Waals surface area (Å²) >= 11 is 0. The highest BCUT2D eigenvalue weighted by molar-refractivity contribution is 5.94. The number of anilines is 1. The number of hydrogen-bond donors (Lipinski definition) is 2. The van der Waals surface area contributed by atoms with E-state index in [0.717, 1.165) is 31.5 Å². The molecule has 0 aliphatic carbocycles. The number of nitrogen functional groups attached to an aromatic ring is 1. The minimum absolute atomic E-state index is 0.0157. The minimum Gasteiger partial charge on any atom is -0.342 e. The summed E-state index contributed by atoms with van der Waals surface area (Å²) < 4.78 is 0. The number of aromatic nitrogens is 1. The summed E-state index contributed by atoms with van der Waals surface area (Å²) in [5, 5.41) is 0. The molecule has 0 saturated carbocycles. The Morgan fingerprint density at radius 2 is 2.15 bits per heavy atom. The highest BCUT2D eigenvalue weighted by Gasteiger charge is 2.14. The lowest BCUT2D eigenvalue weighted by atomic mass is 10.1. The number of rotatable bonds is 7. The Morgan fingerprint density at radius 3 is 2.70 bits per heavy atom.